The van der Waals surface area contributed by atoms with Gasteiger partial charge < -0.3 is 5.32 Å². The summed E-state index contributed by atoms with van der Waals surface area (Å²) in [5.74, 6) is -0.206. The Hall–Kier alpha value is -1.26. The number of nitrogens with one attached hydrogen (secondary N) is 1. The second-order valence-corrected chi connectivity index (χ2v) is 6.86. The maximum atomic E-state index is 12.9. The van der Waals surface area contributed by atoms with Gasteiger partial charge in [-0.2, -0.15) is 0 Å². The zero-order valence-electron chi connectivity index (χ0n) is 12.4. The Morgan fingerprint density at radius 1 is 1.29 bits per heavy atom. The van der Waals surface area contributed by atoms with Crippen molar-refractivity contribution in [2.75, 3.05) is 6.54 Å². The van der Waals surface area contributed by atoms with Gasteiger partial charge in [-0.3, -0.25) is 0 Å². The molecule has 0 aliphatic heterocycles. The first-order valence-corrected chi connectivity index (χ1v) is 8.50. The van der Waals surface area contributed by atoms with Crippen LogP contribution in [0.4, 0.5) is 4.39 Å². The van der Waals surface area contributed by atoms with Crippen LogP contribution in [0.1, 0.15) is 38.3 Å². The predicted molar refractivity (Wildman–Crippen MR) is 85.8 cm³/mol. The van der Waals surface area contributed by atoms with E-state index in [0.29, 0.717) is 5.41 Å². The first-order valence-electron chi connectivity index (χ1n) is 7.62. The van der Waals surface area contributed by atoms with Gasteiger partial charge in [0.05, 0.1) is 5.69 Å². The third-order valence-electron chi connectivity index (χ3n) is 4.19. The monoisotopic (exact) mass is 304 g/mol. The molecule has 1 N–H and O–H groups in total. The lowest BCUT2D eigenvalue weighted by atomic mass is 10.0. The molecule has 0 bridgehead atoms. The number of thiazole rings is 1. The molecule has 21 heavy (non-hydrogen) atoms. The van der Waals surface area contributed by atoms with Crippen LogP contribution in [0.15, 0.2) is 29.6 Å². The van der Waals surface area contributed by atoms with Gasteiger partial charge >= 0.3 is 0 Å². The first kappa shape index (κ1) is 14.7. The molecule has 0 amide bonds. The molecule has 0 spiro atoms. The fourth-order valence-electron chi connectivity index (χ4n) is 2.79. The van der Waals surface area contributed by atoms with Crippen molar-refractivity contribution in [3.05, 3.63) is 41.2 Å². The quantitative estimate of drug-likeness (QED) is 0.807. The summed E-state index contributed by atoms with van der Waals surface area (Å²) < 4.78 is 12.9. The molecule has 1 aromatic heterocycles. The van der Waals surface area contributed by atoms with Gasteiger partial charge in [-0.1, -0.05) is 13.3 Å². The average molecular weight is 304 g/mol. The molecule has 1 saturated carbocycles. The van der Waals surface area contributed by atoms with E-state index < -0.39 is 0 Å². The van der Waals surface area contributed by atoms with E-state index in [0.717, 1.165) is 29.4 Å². The van der Waals surface area contributed by atoms with Gasteiger partial charge in [0, 0.05) is 24.0 Å². The number of nitrogens with zero attached hydrogens (tertiary/aromatic N) is 1. The molecule has 2 nitrogen and oxygen atoms in total. The summed E-state index contributed by atoms with van der Waals surface area (Å²) in [6, 6.07) is 6.53. The molecule has 0 radical (unpaired) electrons. The number of hydrogen-bond acceptors (Lipinski definition) is 3. The van der Waals surface area contributed by atoms with Crippen LogP contribution in [0.5, 0.6) is 0 Å². The number of hydrogen-bond donors (Lipinski definition) is 1. The molecule has 1 aliphatic carbocycles. The molecule has 1 aliphatic rings. The summed E-state index contributed by atoms with van der Waals surface area (Å²) in [4.78, 5) is 4.63. The predicted octanol–water partition coefficient (Wildman–Crippen LogP) is 4.62. The van der Waals surface area contributed by atoms with Crippen LogP contribution in [0, 0.1) is 11.2 Å². The fourth-order valence-corrected chi connectivity index (χ4v) is 3.62. The van der Waals surface area contributed by atoms with Gasteiger partial charge in [-0.15, -0.1) is 11.3 Å². The average Bonchev–Trinajstić information content (AvgIpc) is 3.08. The second kappa shape index (κ2) is 6.24. The highest BCUT2D eigenvalue weighted by molar-refractivity contribution is 7.13. The van der Waals surface area contributed by atoms with Crippen LogP contribution >= 0.6 is 11.3 Å². The molecular weight excluding hydrogens is 283 g/mol. The number of aromatic nitrogens is 1. The highest BCUT2D eigenvalue weighted by Crippen LogP contribution is 2.48. The SMILES string of the molecule is CCCC1(CNCc2csc(-c3ccc(F)cc3)n2)CC1. The summed E-state index contributed by atoms with van der Waals surface area (Å²) in [6.45, 7) is 4.18. The van der Waals surface area contributed by atoms with Crippen molar-refractivity contribution in [2.24, 2.45) is 5.41 Å². The van der Waals surface area contributed by atoms with Crippen molar-refractivity contribution in [3.63, 3.8) is 0 Å². The van der Waals surface area contributed by atoms with E-state index in [9.17, 15) is 4.39 Å². The minimum Gasteiger partial charge on any atom is -0.311 e. The van der Waals surface area contributed by atoms with Crippen molar-refractivity contribution in [3.8, 4) is 10.6 Å². The lowest BCUT2D eigenvalue weighted by molar-refractivity contribution is 0.420. The van der Waals surface area contributed by atoms with Crippen LogP contribution in [0.3, 0.4) is 0 Å². The van der Waals surface area contributed by atoms with Gasteiger partial charge in [-0.25, -0.2) is 9.37 Å². The zero-order chi connectivity index (χ0) is 14.7. The van der Waals surface area contributed by atoms with E-state index in [1.807, 2.05) is 0 Å². The minimum atomic E-state index is -0.206. The summed E-state index contributed by atoms with van der Waals surface area (Å²) in [5.41, 5.74) is 2.63. The molecule has 2 aromatic rings. The van der Waals surface area contributed by atoms with Gasteiger partial charge in [0.25, 0.3) is 0 Å². The number of benzene rings is 1. The van der Waals surface area contributed by atoms with E-state index in [1.165, 1.54) is 37.8 Å². The van der Waals surface area contributed by atoms with E-state index in [-0.39, 0.29) is 5.82 Å². The third kappa shape index (κ3) is 3.69. The van der Waals surface area contributed by atoms with Gasteiger partial charge in [-0.05, 0) is 48.9 Å². The Morgan fingerprint density at radius 2 is 2.05 bits per heavy atom. The van der Waals surface area contributed by atoms with Gasteiger partial charge in [0.1, 0.15) is 10.8 Å². The molecule has 1 aromatic carbocycles. The normalized spacial score (nSPS) is 16.1. The van der Waals surface area contributed by atoms with E-state index in [1.54, 1.807) is 23.5 Å². The Balaban J connectivity index is 1.54. The first-order chi connectivity index (χ1) is 10.2. The summed E-state index contributed by atoms with van der Waals surface area (Å²) in [5, 5.41) is 6.60. The maximum absolute atomic E-state index is 12.9. The fraction of sp³-hybridized carbons (Fsp3) is 0.471. The largest absolute Gasteiger partial charge is 0.311 e. The van der Waals surface area contributed by atoms with Crippen molar-refractivity contribution in [2.45, 2.75) is 39.2 Å². The highest BCUT2D eigenvalue weighted by atomic mass is 32.1. The molecular formula is C17H21FN2S. The van der Waals surface area contributed by atoms with Crippen molar-refractivity contribution >= 4 is 11.3 Å². The Labute approximate surface area is 129 Å². The zero-order valence-corrected chi connectivity index (χ0v) is 13.2. The minimum absolute atomic E-state index is 0.206. The van der Waals surface area contributed by atoms with Crippen molar-refractivity contribution in [1.29, 1.82) is 0 Å². The van der Waals surface area contributed by atoms with E-state index >= 15 is 0 Å². The van der Waals surface area contributed by atoms with Crippen LogP contribution in [0.25, 0.3) is 10.6 Å². The standard InChI is InChI=1S/C17H21FN2S/c1-2-7-17(8-9-17)12-19-10-15-11-21-16(20-15)13-3-5-14(18)6-4-13/h3-6,11,19H,2,7-10,12H2,1H3. The van der Waals surface area contributed by atoms with Crippen LogP contribution in [-0.4, -0.2) is 11.5 Å². The van der Waals surface area contributed by atoms with Crippen molar-refractivity contribution < 1.29 is 4.39 Å². The van der Waals surface area contributed by atoms with Crippen LogP contribution in [-0.2, 0) is 6.54 Å². The smallest absolute Gasteiger partial charge is 0.123 e. The third-order valence-corrected chi connectivity index (χ3v) is 5.13. The summed E-state index contributed by atoms with van der Waals surface area (Å²) in [6.07, 6.45) is 5.34. The Morgan fingerprint density at radius 3 is 2.71 bits per heavy atom. The van der Waals surface area contributed by atoms with E-state index in [4.69, 9.17) is 0 Å². The topological polar surface area (TPSA) is 24.9 Å². The Bertz CT molecular complexity index is 587. The number of rotatable bonds is 7. The molecule has 1 heterocycles. The molecule has 0 unspecified atom stereocenters. The lowest BCUT2D eigenvalue weighted by Gasteiger charge is -2.14. The Kier molecular flexibility index (Phi) is 4.36. The van der Waals surface area contributed by atoms with Crippen LogP contribution in [0.2, 0.25) is 0 Å². The highest BCUT2D eigenvalue weighted by Gasteiger charge is 2.40. The summed E-state index contributed by atoms with van der Waals surface area (Å²) in [7, 11) is 0. The van der Waals surface area contributed by atoms with Crippen LogP contribution < -0.4 is 5.32 Å². The van der Waals surface area contributed by atoms with E-state index in [2.05, 4.69) is 22.6 Å². The lowest BCUT2D eigenvalue weighted by Crippen LogP contribution is -2.23. The molecule has 4 heteroatoms. The maximum Gasteiger partial charge on any atom is 0.123 e. The van der Waals surface area contributed by atoms with Gasteiger partial charge in [0.2, 0.25) is 0 Å². The molecule has 112 valence electrons. The molecule has 0 saturated heterocycles. The molecule has 1 fully saturated rings. The van der Waals surface area contributed by atoms with Crippen molar-refractivity contribution in [1.82, 2.24) is 10.3 Å². The second-order valence-electron chi connectivity index (χ2n) is 6.00. The van der Waals surface area contributed by atoms with Gasteiger partial charge in [0.15, 0.2) is 0 Å². The summed E-state index contributed by atoms with van der Waals surface area (Å²) >= 11 is 1.62. The molecule has 0 atom stereocenters. The number of halogens is 1. The molecule has 3 rings (SSSR count).